The molecule has 1 unspecified atom stereocenters. The minimum Gasteiger partial charge on any atom is -0.376 e. The Morgan fingerprint density at radius 2 is 2.23 bits per heavy atom. The van der Waals surface area contributed by atoms with E-state index in [1.165, 1.54) is 5.56 Å². The zero-order valence-corrected chi connectivity index (χ0v) is 13.3. The zero-order valence-electron chi connectivity index (χ0n) is 12.5. The molecule has 22 heavy (non-hydrogen) atoms. The molecule has 2 aromatic rings. The maximum Gasteiger partial charge on any atom is 0.344 e. The summed E-state index contributed by atoms with van der Waals surface area (Å²) in [6.07, 6.45) is 4.37. The third-order valence-electron chi connectivity index (χ3n) is 3.82. The SMILES string of the molecule is O=c1[nH]nc(SCCCc2ccccc2)n1CC1CCCO1. The average Bonchev–Trinajstić information content (AvgIpc) is 3.17. The highest BCUT2D eigenvalue weighted by Crippen LogP contribution is 2.19. The van der Waals surface area contributed by atoms with Gasteiger partial charge in [-0.25, -0.2) is 9.89 Å². The van der Waals surface area contributed by atoms with E-state index in [9.17, 15) is 4.79 Å². The van der Waals surface area contributed by atoms with Gasteiger partial charge in [-0.15, -0.1) is 5.10 Å². The first-order chi connectivity index (χ1) is 10.8. The summed E-state index contributed by atoms with van der Waals surface area (Å²) < 4.78 is 7.32. The highest BCUT2D eigenvalue weighted by molar-refractivity contribution is 7.99. The van der Waals surface area contributed by atoms with Crippen LogP contribution in [0.1, 0.15) is 24.8 Å². The van der Waals surface area contributed by atoms with E-state index >= 15 is 0 Å². The summed E-state index contributed by atoms with van der Waals surface area (Å²) in [6, 6.07) is 10.5. The summed E-state index contributed by atoms with van der Waals surface area (Å²) in [5, 5.41) is 7.46. The van der Waals surface area contributed by atoms with Gasteiger partial charge in [0.1, 0.15) is 0 Å². The van der Waals surface area contributed by atoms with Crippen molar-refractivity contribution in [2.45, 2.75) is 43.5 Å². The van der Waals surface area contributed by atoms with Gasteiger partial charge in [-0.1, -0.05) is 42.1 Å². The molecule has 1 atom stereocenters. The molecule has 1 N–H and O–H groups in total. The number of nitrogens with one attached hydrogen (secondary N) is 1. The molecule has 118 valence electrons. The standard InChI is InChI=1S/C16H21N3O2S/c20-15-17-18-16(19(15)12-14-9-4-10-21-14)22-11-5-8-13-6-2-1-3-7-13/h1-3,6-7,14H,4-5,8-12H2,(H,17,20). The second kappa shape index (κ2) is 7.65. The van der Waals surface area contributed by atoms with E-state index in [4.69, 9.17) is 4.74 Å². The number of aromatic amines is 1. The van der Waals surface area contributed by atoms with Gasteiger partial charge in [0, 0.05) is 12.4 Å². The van der Waals surface area contributed by atoms with Gasteiger partial charge in [0.2, 0.25) is 0 Å². The van der Waals surface area contributed by atoms with Crippen LogP contribution in [-0.4, -0.2) is 33.2 Å². The lowest BCUT2D eigenvalue weighted by molar-refractivity contribution is 0.0941. The van der Waals surface area contributed by atoms with Crippen LogP contribution in [0.15, 0.2) is 40.3 Å². The average molecular weight is 319 g/mol. The number of H-pyrrole nitrogens is 1. The zero-order chi connectivity index (χ0) is 15.2. The predicted molar refractivity (Wildman–Crippen MR) is 87.3 cm³/mol. The van der Waals surface area contributed by atoms with Crippen molar-refractivity contribution >= 4 is 11.8 Å². The molecule has 1 aliphatic heterocycles. The minimum atomic E-state index is -0.138. The van der Waals surface area contributed by atoms with Crippen molar-refractivity contribution in [1.29, 1.82) is 0 Å². The predicted octanol–water partition coefficient (Wildman–Crippen LogP) is 2.48. The molecule has 5 nitrogen and oxygen atoms in total. The van der Waals surface area contributed by atoms with Crippen LogP contribution >= 0.6 is 11.8 Å². The Morgan fingerprint density at radius 3 is 3.00 bits per heavy atom. The van der Waals surface area contributed by atoms with Crippen LogP contribution in [-0.2, 0) is 17.7 Å². The molecule has 3 rings (SSSR count). The van der Waals surface area contributed by atoms with E-state index < -0.39 is 0 Å². The highest BCUT2D eigenvalue weighted by Gasteiger charge is 2.19. The van der Waals surface area contributed by atoms with Crippen molar-refractivity contribution in [3.05, 3.63) is 46.4 Å². The number of ether oxygens (including phenoxy) is 1. The van der Waals surface area contributed by atoms with Crippen LogP contribution in [0.4, 0.5) is 0 Å². The Morgan fingerprint density at radius 1 is 1.36 bits per heavy atom. The van der Waals surface area contributed by atoms with Crippen molar-refractivity contribution in [3.63, 3.8) is 0 Å². The van der Waals surface area contributed by atoms with E-state index in [-0.39, 0.29) is 11.8 Å². The Bertz CT molecular complexity index is 632. The number of rotatable bonds is 7. The number of thioether (sulfide) groups is 1. The second-order valence-electron chi connectivity index (χ2n) is 5.49. The van der Waals surface area contributed by atoms with Crippen LogP contribution in [0, 0.1) is 0 Å². The van der Waals surface area contributed by atoms with Crippen molar-refractivity contribution in [2.75, 3.05) is 12.4 Å². The van der Waals surface area contributed by atoms with E-state index in [1.54, 1.807) is 16.3 Å². The van der Waals surface area contributed by atoms with Gasteiger partial charge in [-0.3, -0.25) is 4.57 Å². The molecule has 1 aliphatic rings. The molecule has 0 aliphatic carbocycles. The molecule has 1 saturated heterocycles. The van der Waals surface area contributed by atoms with E-state index in [2.05, 4.69) is 34.5 Å². The smallest absolute Gasteiger partial charge is 0.344 e. The molecule has 1 fully saturated rings. The summed E-state index contributed by atoms with van der Waals surface area (Å²) in [5.41, 5.74) is 1.21. The Balaban J connectivity index is 1.51. The number of aromatic nitrogens is 3. The maximum atomic E-state index is 11.9. The molecule has 0 amide bonds. The van der Waals surface area contributed by atoms with Gasteiger partial charge in [0.05, 0.1) is 12.6 Å². The molecule has 0 radical (unpaired) electrons. The van der Waals surface area contributed by atoms with Gasteiger partial charge in [0.25, 0.3) is 0 Å². The van der Waals surface area contributed by atoms with Crippen LogP contribution in [0.3, 0.4) is 0 Å². The molecular formula is C16H21N3O2S. The van der Waals surface area contributed by atoms with Crippen molar-refractivity contribution in [3.8, 4) is 0 Å². The molecule has 0 bridgehead atoms. The quantitative estimate of drug-likeness (QED) is 0.629. The Kier molecular flexibility index (Phi) is 5.34. The molecule has 0 spiro atoms. The van der Waals surface area contributed by atoms with Gasteiger partial charge >= 0.3 is 5.69 Å². The number of aryl methyl sites for hydroxylation is 1. The fourth-order valence-electron chi connectivity index (χ4n) is 2.65. The molecule has 1 aromatic carbocycles. The molecule has 0 saturated carbocycles. The van der Waals surface area contributed by atoms with Crippen molar-refractivity contribution in [1.82, 2.24) is 14.8 Å². The van der Waals surface area contributed by atoms with Crippen molar-refractivity contribution in [2.24, 2.45) is 0 Å². The second-order valence-corrected chi connectivity index (χ2v) is 6.56. The van der Waals surface area contributed by atoms with Crippen LogP contribution < -0.4 is 5.69 Å². The summed E-state index contributed by atoms with van der Waals surface area (Å²) in [7, 11) is 0. The lowest BCUT2D eigenvalue weighted by Gasteiger charge is -2.10. The monoisotopic (exact) mass is 319 g/mol. The van der Waals surface area contributed by atoms with E-state index in [1.807, 2.05) is 6.07 Å². The lowest BCUT2D eigenvalue weighted by atomic mass is 10.1. The summed E-state index contributed by atoms with van der Waals surface area (Å²) in [4.78, 5) is 11.9. The highest BCUT2D eigenvalue weighted by atomic mass is 32.2. The van der Waals surface area contributed by atoms with Crippen LogP contribution in [0.2, 0.25) is 0 Å². The fourth-order valence-corrected chi connectivity index (χ4v) is 3.55. The molecule has 1 aromatic heterocycles. The topological polar surface area (TPSA) is 59.9 Å². The Labute approximate surface area is 134 Å². The van der Waals surface area contributed by atoms with E-state index in [0.717, 1.165) is 43.2 Å². The summed E-state index contributed by atoms with van der Waals surface area (Å²) in [5.74, 6) is 0.949. The maximum absolute atomic E-state index is 11.9. The third-order valence-corrected chi connectivity index (χ3v) is 4.88. The first kappa shape index (κ1) is 15.4. The first-order valence-corrected chi connectivity index (χ1v) is 8.75. The Hall–Kier alpha value is -1.53. The molecule has 2 heterocycles. The van der Waals surface area contributed by atoms with Gasteiger partial charge in [-0.2, -0.15) is 0 Å². The van der Waals surface area contributed by atoms with Gasteiger partial charge in [0.15, 0.2) is 5.16 Å². The number of hydrogen-bond acceptors (Lipinski definition) is 4. The number of nitrogens with zero attached hydrogens (tertiary/aromatic N) is 2. The largest absolute Gasteiger partial charge is 0.376 e. The normalized spacial score (nSPS) is 17.9. The molecule has 6 heteroatoms. The van der Waals surface area contributed by atoms with Crippen LogP contribution in [0.5, 0.6) is 0 Å². The summed E-state index contributed by atoms with van der Waals surface area (Å²) >= 11 is 1.64. The van der Waals surface area contributed by atoms with Gasteiger partial charge < -0.3 is 4.74 Å². The number of hydrogen-bond donors (Lipinski definition) is 1. The van der Waals surface area contributed by atoms with E-state index in [0.29, 0.717) is 6.54 Å². The number of benzene rings is 1. The third kappa shape index (κ3) is 4.01. The lowest BCUT2D eigenvalue weighted by Crippen LogP contribution is -2.25. The van der Waals surface area contributed by atoms with Crippen LogP contribution in [0.25, 0.3) is 0 Å². The minimum absolute atomic E-state index is 0.138. The van der Waals surface area contributed by atoms with Gasteiger partial charge in [-0.05, 0) is 31.2 Å². The first-order valence-electron chi connectivity index (χ1n) is 7.76. The van der Waals surface area contributed by atoms with Crippen molar-refractivity contribution < 1.29 is 4.74 Å². The molecular weight excluding hydrogens is 298 g/mol. The fraction of sp³-hybridized carbons (Fsp3) is 0.500. The summed E-state index contributed by atoms with van der Waals surface area (Å²) in [6.45, 7) is 1.41.